The number of H-pyrrole nitrogens is 1. The second kappa shape index (κ2) is 7.86. The van der Waals surface area contributed by atoms with Crippen LogP contribution in [0.4, 0.5) is 5.95 Å². The lowest BCUT2D eigenvalue weighted by atomic mass is 10.0. The van der Waals surface area contributed by atoms with Crippen LogP contribution in [0, 0.1) is 6.42 Å². The summed E-state index contributed by atoms with van der Waals surface area (Å²) in [4.78, 5) is 38.7. The Bertz CT molecular complexity index is 979. The third-order valence-corrected chi connectivity index (χ3v) is 4.05. The average Bonchev–Trinajstić information content (AvgIpc) is 2.65. The maximum Gasteiger partial charge on any atom is 0.280 e. The first-order valence-electron chi connectivity index (χ1n) is 8.52. The molecule has 0 aliphatic heterocycles. The highest BCUT2D eigenvalue weighted by atomic mass is 16.1. The van der Waals surface area contributed by atoms with E-state index in [9.17, 15) is 9.59 Å². The summed E-state index contributed by atoms with van der Waals surface area (Å²) in [6.07, 6.45) is 6.29. The minimum Gasteiger partial charge on any atom is -0.369 e. The Kier molecular flexibility index (Phi) is 5.36. The van der Waals surface area contributed by atoms with Gasteiger partial charge in [0, 0.05) is 12.0 Å². The summed E-state index contributed by atoms with van der Waals surface area (Å²) in [6.45, 7) is 2.02. The fraction of sp³-hybridized carbons (Fsp3) is 0.263. The number of nitrogens with zero attached hydrogens (tertiary/aromatic N) is 3. The molecule has 3 rings (SSSR count). The highest BCUT2D eigenvalue weighted by Gasteiger charge is 2.08. The van der Waals surface area contributed by atoms with Crippen LogP contribution in [0.3, 0.4) is 0 Å². The van der Waals surface area contributed by atoms with Gasteiger partial charge in [-0.25, -0.2) is 9.97 Å². The van der Waals surface area contributed by atoms with Crippen molar-refractivity contribution in [2.45, 2.75) is 32.6 Å². The molecule has 0 unspecified atom stereocenters. The maximum absolute atomic E-state index is 12.0. The molecule has 0 aliphatic carbocycles. The zero-order valence-electron chi connectivity index (χ0n) is 14.5. The first-order chi connectivity index (χ1) is 12.6. The number of hydrogen-bond donors (Lipinski definition) is 2. The maximum atomic E-state index is 12.0. The van der Waals surface area contributed by atoms with Gasteiger partial charge in [0.05, 0.1) is 11.9 Å². The molecule has 2 aromatic heterocycles. The number of nitrogens with two attached hydrogens (primary N) is 1. The topological polar surface area (TPSA) is 115 Å². The van der Waals surface area contributed by atoms with Crippen molar-refractivity contribution in [2.24, 2.45) is 0 Å². The van der Waals surface area contributed by atoms with Crippen LogP contribution in [0.25, 0.3) is 11.2 Å². The molecule has 3 N–H and O–H groups in total. The lowest BCUT2D eigenvalue weighted by Gasteiger charge is -2.05. The van der Waals surface area contributed by atoms with E-state index in [2.05, 4.69) is 19.9 Å². The van der Waals surface area contributed by atoms with Gasteiger partial charge in [-0.2, -0.15) is 4.98 Å². The molecule has 1 aromatic carbocycles. The smallest absolute Gasteiger partial charge is 0.280 e. The largest absolute Gasteiger partial charge is 0.369 e. The van der Waals surface area contributed by atoms with Crippen LogP contribution in [0.5, 0.6) is 0 Å². The fourth-order valence-corrected chi connectivity index (χ4v) is 2.61. The first kappa shape index (κ1) is 17.7. The molecular formula is C19H20N5O2. The molecule has 0 spiro atoms. The Balaban J connectivity index is 1.68. The van der Waals surface area contributed by atoms with Gasteiger partial charge in [0.15, 0.2) is 16.9 Å². The molecule has 0 saturated carbocycles. The molecule has 0 saturated heterocycles. The minimum atomic E-state index is -0.395. The average molecular weight is 350 g/mol. The SMILES string of the molecule is CC[CH]CC(=O)c1ccc(CCc2cnc3nc(N)[nH]c(=O)c3n2)cc1. The molecule has 3 aromatic rings. The number of unbranched alkanes of at least 4 members (excludes halogenated alkanes) is 1. The van der Waals surface area contributed by atoms with Crippen LogP contribution >= 0.6 is 0 Å². The number of anilines is 1. The third kappa shape index (κ3) is 4.11. The molecule has 1 radical (unpaired) electrons. The number of carbonyl (C=O) groups excluding carboxylic acids is 1. The standard InChI is InChI=1S/C19H20N5O2/c1-2-3-4-15(25)13-8-5-12(6-9-13)7-10-14-11-21-17-16(22-14)18(26)24-19(20)23-17/h3,5-6,8-9,11H,2,4,7,10H2,1H3,(H3,20,21,23,24,26). The van der Waals surface area contributed by atoms with Crippen molar-refractivity contribution in [3.8, 4) is 0 Å². The molecule has 0 aliphatic rings. The Morgan fingerprint density at radius 2 is 1.96 bits per heavy atom. The Morgan fingerprint density at radius 3 is 2.69 bits per heavy atom. The molecule has 7 heteroatoms. The molecule has 7 nitrogen and oxygen atoms in total. The number of nitrogen functional groups attached to an aromatic ring is 1. The van der Waals surface area contributed by atoms with Crippen LogP contribution < -0.4 is 11.3 Å². The van der Waals surface area contributed by atoms with Crippen LogP contribution in [0.2, 0.25) is 0 Å². The number of aryl methyl sites for hydroxylation is 2. The third-order valence-electron chi connectivity index (χ3n) is 4.05. The van der Waals surface area contributed by atoms with Gasteiger partial charge >= 0.3 is 0 Å². The van der Waals surface area contributed by atoms with Crippen molar-refractivity contribution in [1.82, 2.24) is 19.9 Å². The van der Waals surface area contributed by atoms with Crippen LogP contribution in [-0.4, -0.2) is 25.7 Å². The van der Waals surface area contributed by atoms with E-state index in [1.165, 1.54) is 0 Å². The van der Waals surface area contributed by atoms with E-state index in [1.54, 1.807) is 6.20 Å². The molecule has 0 amide bonds. The molecule has 0 fully saturated rings. The predicted octanol–water partition coefficient (Wildman–Crippen LogP) is 2.27. The van der Waals surface area contributed by atoms with E-state index >= 15 is 0 Å². The van der Waals surface area contributed by atoms with Gasteiger partial charge in [-0.1, -0.05) is 37.6 Å². The summed E-state index contributed by atoms with van der Waals surface area (Å²) in [5.74, 6) is 0.153. The van der Waals surface area contributed by atoms with Crippen molar-refractivity contribution in [2.75, 3.05) is 5.73 Å². The fourth-order valence-electron chi connectivity index (χ4n) is 2.61. The number of aromatic nitrogens is 4. The number of fused-ring (bicyclic) bond motifs is 1. The Labute approximate surface area is 150 Å². The van der Waals surface area contributed by atoms with Crippen LogP contribution in [0.1, 0.15) is 41.4 Å². The number of carbonyl (C=O) groups is 1. The summed E-state index contributed by atoms with van der Waals surface area (Å²) in [7, 11) is 0. The number of Topliss-reactive ketones (excluding diaryl/α,β-unsaturated/α-hetero) is 1. The van der Waals surface area contributed by atoms with E-state index in [0.717, 1.165) is 24.0 Å². The van der Waals surface area contributed by atoms with Crippen molar-refractivity contribution in [3.05, 3.63) is 64.1 Å². The first-order valence-corrected chi connectivity index (χ1v) is 8.52. The van der Waals surface area contributed by atoms with Gasteiger partial charge in [0.1, 0.15) is 0 Å². The van der Waals surface area contributed by atoms with Gasteiger partial charge in [-0.3, -0.25) is 14.6 Å². The molecule has 26 heavy (non-hydrogen) atoms. The summed E-state index contributed by atoms with van der Waals surface area (Å²) in [5, 5.41) is 0. The number of nitrogens with one attached hydrogen (secondary N) is 1. The zero-order valence-corrected chi connectivity index (χ0v) is 14.5. The quantitative estimate of drug-likeness (QED) is 0.632. The van der Waals surface area contributed by atoms with E-state index in [4.69, 9.17) is 5.73 Å². The second-order valence-corrected chi connectivity index (χ2v) is 6.01. The van der Waals surface area contributed by atoms with Crippen molar-refractivity contribution >= 4 is 22.9 Å². The summed E-state index contributed by atoms with van der Waals surface area (Å²) in [5.41, 5.74) is 8.04. The van der Waals surface area contributed by atoms with Gasteiger partial charge < -0.3 is 5.73 Å². The van der Waals surface area contributed by atoms with Crippen molar-refractivity contribution in [3.63, 3.8) is 0 Å². The highest BCUT2D eigenvalue weighted by molar-refractivity contribution is 5.96. The Hall–Kier alpha value is -3.09. The number of benzene rings is 1. The lowest BCUT2D eigenvalue weighted by Crippen LogP contribution is -2.14. The highest BCUT2D eigenvalue weighted by Crippen LogP contribution is 2.11. The summed E-state index contributed by atoms with van der Waals surface area (Å²) >= 11 is 0. The molecule has 2 heterocycles. The summed E-state index contributed by atoms with van der Waals surface area (Å²) in [6, 6.07) is 7.60. The molecule has 0 atom stereocenters. The second-order valence-electron chi connectivity index (χ2n) is 6.01. The predicted molar refractivity (Wildman–Crippen MR) is 99.8 cm³/mol. The number of ketones is 1. The number of hydrogen-bond acceptors (Lipinski definition) is 6. The zero-order chi connectivity index (χ0) is 18.5. The van der Waals surface area contributed by atoms with Gasteiger partial charge in [0.25, 0.3) is 5.56 Å². The van der Waals surface area contributed by atoms with Gasteiger partial charge in [0.2, 0.25) is 5.95 Å². The summed E-state index contributed by atoms with van der Waals surface area (Å²) < 4.78 is 0. The lowest BCUT2D eigenvalue weighted by molar-refractivity contribution is 0.0991. The molecule has 0 bridgehead atoms. The van der Waals surface area contributed by atoms with Gasteiger partial charge in [-0.15, -0.1) is 0 Å². The molecule has 133 valence electrons. The monoisotopic (exact) mass is 350 g/mol. The van der Waals surface area contributed by atoms with E-state index < -0.39 is 5.56 Å². The van der Waals surface area contributed by atoms with Crippen LogP contribution in [0.15, 0.2) is 35.3 Å². The minimum absolute atomic E-state index is 0.0238. The number of rotatable bonds is 7. The van der Waals surface area contributed by atoms with Gasteiger partial charge in [-0.05, 0) is 24.8 Å². The Morgan fingerprint density at radius 1 is 1.19 bits per heavy atom. The number of aromatic amines is 1. The van der Waals surface area contributed by atoms with Crippen molar-refractivity contribution in [1.29, 1.82) is 0 Å². The van der Waals surface area contributed by atoms with Crippen molar-refractivity contribution < 1.29 is 4.79 Å². The van der Waals surface area contributed by atoms with E-state index in [0.29, 0.717) is 18.5 Å². The molecular weight excluding hydrogens is 330 g/mol. The van der Waals surface area contributed by atoms with Crippen LogP contribution in [-0.2, 0) is 12.8 Å². The normalized spacial score (nSPS) is 11.0. The van der Waals surface area contributed by atoms with E-state index in [1.807, 2.05) is 37.6 Å². The van der Waals surface area contributed by atoms with E-state index in [-0.39, 0.29) is 22.9 Å².